The summed E-state index contributed by atoms with van der Waals surface area (Å²) in [6, 6.07) is 11.4. The van der Waals surface area contributed by atoms with Crippen molar-refractivity contribution in [1.29, 1.82) is 0 Å². The Morgan fingerprint density at radius 1 is 1.26 bits per heavy atom. The molecular formula is C21H21FN4O. The molecule has 0 radical (unpaired) electrons. The van der Waals surface area contributed by atoms with E-state index in [0.717, 1.165) is 35.5 Å². The van der Waals surface area contributed by atoms with Gasteiger partial charge in [-0.25, -0.2) is 4.39 Å². The van der Waals surface area contributed by atoms with Gasteiger partial charge in [-0.3, -0.25) is 5.10 Å². The Morgan fingerprint density at radius 2 is 2.11 bits per heavy atom. The minimum atomic E-state index is -0.509. The second-order valence-electron chi connectivity index (χ2n) is 7.20. The van der Waals surface area contributed by atoms with Crippen LogP contribution in [0.15, 0.2) is 48.8 Å². The van der Waals surface area contributed by atoms with E-state index in [1.807, 2.05) is 36.5 Å². The summed E-state index contributed by atoms with van der Waals surface area (Å²) in [5.41, 5.74) is 4.01. The highest BCUT2D eigenvalue weighted by Crippen LogP contribution is 2.42. The molecule has 2 aromatic carbocycles. The average Bonchev–Trinajstić information content (AvgIpc) is 3.43. The van der Waals surface area contributed by atoms with Gasteiger partial charge in [-0.2, -0.15) is 5.10 Å². The number of methoxy groups -OCH3 is 1. The van der Waals surface area contributed by atoms with E-state index in [1.54, 1.807) is 6.20 Å². The van der Waals surface area contributed by atoms with Gasteiger partial charge in [0, 0.05) is 60.3 Å². The summed E-state index contributed by atoms with van der Waals surface area (Å²) in [6.45, 7) is 0.240. The maximum Gasteiger partial charge on any atom is 0.132 e. The van der Waals surface area contributed by atoms with Crippen LogP contribution in [0.3, 0.4) is 0 Å². The number of aromatic nitrogens is 2. The number of ether oxygens (including phenoxy) is 1. The highest BCUT2D eigenvalue weighted by Gasteiger charge is 2.43. The van der Waals surface area contributed by atoms with Crippen molar-refractivity contribution in [2.45, 2.75) is 18.4 Å². The van der Waals surface area contributed by atoms with E-state index < -0.39 is 12.1 Å². The van der Waals surface area contributed by atoms with E-state index in [2.05, 4.69) is 20.4 Å². The van der Waals surface area contributed by atoms with Crippen molar-refractivity contribution >= 4 is 11.4 Å². The van der Waals surface area contributed by atoms with Crippen LogP contribution in [0, 0.1) is 5.82 Å². The summed E-state index contributed by atoms with van der Waals surface area (Å²) in [7, 11) is 1.53. The van der Waals surface area contributed by atoms with E-state index in [-0.39, 0.29) is 5.82 Å². The predicted molar refractivity (Wildman–Crippen MR) is 104 cm³/mol. The lowest BCUT2D eigenvalue weighted by Crippen LogP contribution is -2.39. The van der Waals surface area contributed by atoms with Crippen LogP contribution in [-0.4, -0.2) is 35.9 Å². The van der Waals surface area contributed by atoms with Gasteiger partial charge in [-0.05, 0) is 24.1 Å². The van der Waals surface area contributed by atoms with Gasteiger partial charge in [0.05, 0.1) is 20.2 Å². The largest absolute Gasteiger partial charge is 0.497 e. The molecule has 0 bridgehead atoms. The van der Waals surface area contributed by atoms with Crippen molar-refractivity contribution in [3.8, 4) is 16.9 Å². The zero-order valence-electron chi connectivity index (χ0n) is 16.0. The van der Waals surface area contributed by atoms with Crippen LogP contribution in [-0.2, 0) is 6.42 Å². The van der Waals surface area contributed by atoms with Gasteiger partial charge in [0.2, 0.25) is 0 Å². The quantitative estimate of drug-likeness (QED) is 0.740. The van der Waals surface area contributed by atoms with Crippen molar-refractivity contribution in [1.82, 2.24) is 10.2 Å². The van der Waals surface area contributed by atoms with E-state index in [1.165, 1.54) is 13.2 Å². The molecule has 3 heterocycles. The fraction of sp³-hybridized carbons (Fsp3) is 0.286. The van der Waals surface area contributed by atoms with Gasteiger partial charge in [0.25, 0.3) is 0 Å². The average molecular weight is 365 g/mol. The Bertz CT molecular complexity index is 1010. The number of anilines is 2. The molecule has 2 atom stereocenters. The number of hydrogen-bond donors (Lipinski definition) is 2. The number of fused-ring (bicyclic) bond motifs is 1. The lowest BCUT2D eigenvalue weighted by atomic mass is 9.94. The van der Waals surface area contributed by atoms with Gasteiger partial charge in [0.15, 0.2) is 0 Å². The van der Waals surface area contributed by atoms with E-state index >= 15 is 0 Å². The first-order chi connectivity index (χ1) is 13.6. The molecule has 3 aromatic rings. The zero-order chi connectivity index (χ0) is 19.3. The standard InChI is InChI=1S/C21H21FN4O/c1-27-17-8-19(22)18-10-21(25-20(18)9-17)6-7-26(13-21)16-4-2-14(3-5-16)15-11-23-24-12-15/h2-5,8-9,11-12,25H,6-7,10,13H2,1H3,(H,23,24)/i13D. The molecule has 1 fully saturated rings. The van der Waals surface area contributed by atoms with Gasteiger partial charge in [0.1, 0.15) is 11.6 Å². The fourth-order valence-electron chi connectivity index (χ4n) is 4.08. The van der Waals surface area contributed by atoms with Crippen LogP contribution >= 0.6 is 0 Å². The van der Waals surface area contributed by atoms with Gasteiger partial charge in [-0.1, -0.05) is 12.1 Å². The molecule has 2 aliphatic heterocycles. The zero-order valence-corrected chi connectivity index (χ0v) is 15.0. The van der Waals surface area contributed by atoms with Crippen molar-refractivity contribution in [2.24, 2.45) is 0 Å². The summed E-state index contributed by atoms with van der Waals surface area (Å²) < 4.78 is 28.6. The number of rotatable bonds is 3. The number of nitrogens with one attached hydrogen (secondary N) is 2. The Labute approximate surface area is 158 Å². The smallest absolute Gasteiger partial charge is 0.132 e. The monoisotopic (exact) mass is 365 g/mol. The molecule has 138 valence electrons. The van der Waals surface area contributed by atoms with Gasteiger partial charge >= 0.3 is 0 Å². The summed E-state index contributed by atoms with van der Waals surface area (Å²) >= 11 is 0. The molecule has 27 heavy (non-hydrogen) atoms. The molecule has 1 saturated heterocycles. The summed E-state index contributed by atoms with van der Waals surface area (Å²) in [5, 5.41) is 10.3. The first-order valence-corrected chi connectivity index (χ1v) is 9.02. The van der Waals surface area contributed by atoms with Crippen molar-refractivity contribution < 1.29 is 10.5 Å². The van der Waals surface area contributed by atoms with Crippen LogP contribution in [0.4, 0.5) is 15.8 Å². The summed E-state index contributed by atoms with van der Waals surface area (Å²) in [5.74, 6) is 0.223. The second-order valence-corrected chi connectivity index (χ2v) is 7.20. The van der Waals surface area contributed by atoms with Gasteiger partial charge < -0.3 is 15.0 Å². The molecule has 2 aliphatic rings. The SMILES string of the molecule is [2H]C1N(c2ccc(-c3cn[nH]c3)cc2)CCC12Cc1c(F)cc(OC)cc1N2. The van der Waals surface area contributed by atoms with Crippen molar-refractivity contribution in [3.63, 3.8) is 0 Å². The molecule has 1 spiro atoms. The maximum absolute atomic E-state index is 14.5. The topological polar surface area (TPSA) is 53.2 Å². The third kappa shape index (κ3) is 2.72. The number of hydrogen-bond acceptors (Lipinski definition) is 4. The lowest BCUT2D eigenvalue weighted by molar-refractivity contribution is 0.411. The highest BCUT2D eigenvalue weighted by molar-refractivity contribution is 5.67. The second kappa shape index (κ2) is 6.01. The molecule has 1 aromatic heterocycles. The molecular weight excluding hydrogens is 343 g/mol. The number of aromatic amines is 1. The number of halogens is 1. The molecule has 0 amide bonds. The van der Waals surface area contributed by atoms with E-state index in [0.29, 0.717) is 17.7 Å². The molecule has 6 heteroatoms. The van der Waals surface area contributed by atoms with Crippen molar-refractivity contribution in [2.75, 3.05) is 30.4 Å². The summed E-state index contributed by atoms with van der Waals surface area (Å²) in [4.78, 5) is 2.08. The Hall–Kier alpha value is -3.02. The fourth-order valence-corrected chi connectivity index (χ4v) is 4.08. The predicted octanol–water partition coefficient (Wildman–Crippen LogP) is 3.84. The minimum absolute atomic E-state index is 0.270. The first kappa shape index (κ1) is 15.1. The molecule has 2 N–H and O–H groups in total. The summed E-state index contributed by atoms with van der Waals surface area (Å²) in [6.07, 6.45) is 4.93. The normalized spacial score (nSPS) is 24.0. The molecule has 0 saturated carbocycles. The van der Waals surface area contributed by atoms with Crippen LogP contribution in [0.5, 0.6) is 5.75 Å². The van der Waals surface area contributed by atoms with Crippen molar-refractivity contribution in [3.05, 3.63) is 60.2 Å². The highest BCUT2D eigenvalue weighted by atomic mass is 19.1. The Balaban J connectivity index is 1.40. The van der Waals surface area contributed by atoms with E-state index in [4.69, 9.17) is 6.11 Å². The molecule has 5 nitrogen and oxygen atoms in total. The van der Waals surface area contributed by atoms with Crippen LogP contribution in [0.1, 0.15) is 13.4 Å². The number of benzene rings is 2. The lowest BCUT2D eigenvalue weighted by Gasteiger charge is -2.26. The first-order valence-electron chi connectivity index (χ1n) is 9.60. The maximum atomic E-state index is 14.5. The Morgan fingerprint density at radius 3 is 2.85 bits per heavy atom. The number of H-pyrrole nitrogens is 1. The minimum Gasteiger partial charge on any atom is -0.497 e. The van der Waals surface area contributed by atoms with Gasteiger partial charge in [-0.15, -0.1) is 0 Å². The third-order valence-electron chi connectivity index (χ3n) is 5.51. The van der Waals surface area contributed by atoms with Crippen LogP contribution in [0.2, 0.25) is 0 Å². The number of nitrogens with zero attached hydrogens (tertiary/aromatic N) is 2. The van der Waals surface area contributed by atoms with Crippen LogP contribution in [0.25, 0.3) is 11.1 Å². The molecule has 0 aliphatic carbocycles. The van der Waals surface area contributed by atoms with E-state index in [9.17, 15) is 4.39 Å². The Kier molecular flexibility index (Phi) is 3.36. The molecule has 2 unspecified atom stereocenters. The third-order valence-corrected chi connectivity index (χ3v) is 5.51. The van der Waals surface area contributed by atoms with Crippen LogP contribution < -0.4 is 15.0 Å². The molecule has 5 rings (SSSR count).